The van der Waals surface area contributed by atoms with Gasteiger partial charge in [-0.3, -0.25) is 9.89 Å². The van der Waals surface area contributed by atoms with Gasteiger partial charge in [-0.15, -0.1) is 0 Å². The number of carbonyl (C=O) groups is 1. The number of nitrogens with zero attached hydrogens (tertiary/aromatic N) is 2. The Labute approximate surface area is 122 Å². The minimum atomic E-state index is -0.0607. The van der Waals surface area contributed by atoms with Crippen molar-refractivity contribution < 1.29 is 9.90 Å². The summed E-state index contributed by atoms with van der Waals surface area (Å²) >= 11 is 0. The molecule has 21 heavy (non-hydrogen) atoms. The van der Waals surface area contributed by atoms with Crippen molar-refractivity contribution in [2.24, 2.45) is 5.92 Å². The fraction of sp³-hybridized carbons (Fsp3) is 0.467. The number of aliphatic hydroxyl groups excluding tert-OH is 1. The number of likely N-dealkylation sites (tertiary alicyclic amines) is 1. The van der Waals surface area contributed by atoms with Crippen molar-refractivity contribution >= 4 is 22.5 Å². The number of hydrogen-bond donors (Lipinski definition) is 3. The first-order valence-electron chi connectivity index (χ1n) is 7.33. The number of H-pyrrole nitrogens is 1. The third-order valence-corrected chi connectivity index (χ3v) is 4.13. The Morgan fingerprint density at radius 3 is 3.19 bits per heavy atom. The number of aromatic amines is 1. The van der Waals surface area contributed by atoms with Gasteiger partial charge in [0, 0.05) is 30.8 Å². The molecule has 1 aromatic heterocycles. The van der Waals surface area contributed by atoms with E-state index in [1.165, 1.54) is 0 Å². The molecular formula is C15H20N4O2. The van der Waals surface area contributed by atoms with E-state index >= 15 is 0 Å². The first-order valence-corrected chi connectivity index (χ1v) is 7.33. The van der Waals surface area contributed by atoms with E-state index in [9.17, 15) is 4.79 Å². The summed E-state index contributed by atoms with van der Waals surface area (Å²) in [6.07, 6.45) is 2.79. The van der Waals surface area contributed by atoms with Crippen LogP contribution < -0.4 is 5.73 Å². The Kier molecular flexibility index (Phi) is 3.79. The molecule has 1 saturated heterocycles. The second-order valence-electron chi connectivity index (χ2n) is 5.65. The molecule has 1 aromatic carbocycles. The molecule has 112 valence electrons. The van der Waals surface area contributed by atoms with E-state index < -0.39 is 0 Å². The van der Waals surface area contributed by atoms with Crippen molar-refractivity contribution in [3.63, 3.8) is 0 Å². The van der Waals surface area contributed by atoms with E-state index in [0.29, 0.717) is 23.8 Å². The van der Waals surface area contributed by atoms with E-state index in [4.69, 9.17) is 10.8 Å². The standard InChI is InChI=1S/C15H20N4O2/c16-11-3-4-13-12(8-11)14(18-17-13)15(21)19-6-1-2-10(9-19)5-7-20/h3-4,8,10,20H,1-2,5-7,9,16H2,(H,17,18). The summed E-state index contributed by atoms with van der Waals surface area (Å²) < 4.78 is 0. The number of aromatic nitrogens is 2. The maximum Gasteiger partial charge on any atom is 0.275 e. The first-order chi connectivity index (χ1) is 10.2. The fourth-order valence-electron chi connectivity index (χ4n) is 3.01. The number of nitrogens with two attached hydrogens (primary N) is 1. The van der Waals surface area contributed by atoms with Crippen LogP contribution in [0, 0.1) is 5.92 Å². The van der Waals surface area contributed by atoms with Crippen LogP contribution in [0.15, 0.2) is 18.2 Å². The molecule has 2 heterocycles. The van der Waals surface area contributed by atoms with Gasteiger partial charge in [0.25, 0.3) is 5.91 Å². The van der Waals surface area contributed by atoms with E-state index in [2.05, 4.69) is 10.2 Å². The zero-order chi connectivity index (χ0) is 14.8. The van der Waals surface area contributed by atoms with Crippen LogP contribution in [0.4, 0.5) is 5.69 Å². The van der Waals surface area contributed by atoms with Crippen molar-refractivity contribution in [1.82, 2.24) is 15.1 Å². The minimum Gasteiger partial charge on any atom is -0.399 e. The van der Waals surface area contributed by atoms with E-state index in [1.807, 2.05) is 11.0 Å². The number of rotatable bonds is 3. The summed E-state index contributed by atoms with van der Waals surface area (Å²) in [5, 5.41) is 16.9. The average molecular weight is 288 g/mol. The lowest BCUT2D eigenvalue weighted by Crippen LogP contribution is -2.40. The highest BCUT2D eigenvalue weighted by molar-refractivity contribution is 6.05. The fourth-order valence-corrected chi connectivity index (χ4v) is 3.01. The molecule has 1 amide bonds. The van der Waals surface area contributed by atoms with Gasteiger partial charge < -0.3 is 15.7 Å². The molecule has 1 aliphatic heterocycles. The van der Waals surface area contributed by atoms with E-state index in [1.54, 1.807) is 12.1 Å². The number of nitrogens with one attached hydrogen (secondary N) is 1. The van der Waals surface area contributed by atoms with Gasteiger partial charge in [0.05, 0.1) is 5.52 Å². The van der Waals surface area contributed by atoms with Crippen molar-refractivity contribution in [1.29, 1.82) is 0 Å². The van der Waals surface area contributed by atoms with Gasteiger partial charge in [-0.05, 0) is 43.4 Å². The number of anilines is 1. The van der Waals surface area contributed by atoms with Crippen LogP contribution in [-0.4, -0.2) is 45.8 Å². The zero-order valence-corrected chi connectivity index (χ0v) is 11.9. The molecule has 6 nitrogen and oxygen atoms in total. The topological polar surface area (TPSA) is 95.2 Å². The molecule has 0 radical (unpaired) electrons. The molecule has 3 rings (SSSR count). The Morgan fingerprint density at radius 2 is 2.38 bits per heavy atom. The highest BCUT2D eigenvalue weighted by Gasteiger charge is 2.26. The molecule has 1 fully saturated rings. The molecule has 2 aromatic rings. The summed E-state index contributed by atoms with van der Waals surface area (Å²) in [5.41, 5.74) is 7.67. The van der Waals surface area contributed by atoms with Crippen molar-refractivity contribution in [3.8, 4) is 0 Å². The molecule has 0 bridgehead atoms. The SMILES string of the molecule is Nc1ccc2[nH]nc(C(=O)N3CCCC(CCO)C3)c2c1. The third-order valence-electron chi connectivity index (χ3n) is 4.13. The predicted molar refractivity (Wildman–Crippen MR) is 80.8 cm³/mol. The van der Waals surface area contributed by atoms with Gasteiger partial charge in [-0.25, -0.2) is 0 Å². The monoisotopic (exact) mass is 288 g/mol. The maximum atomic E-state index is 12.7. The quantitative estimate of drug-likeness (QED) is 0.743. The highest BCUT2D eigenvalue weighted by atomic mass is 16.3. The van der Waals surface area contributed by atoms with Crippen molar-refractivity contribution in [2.75, 3.05) is 25.4 Å². The Morgan fingerprint density at radius 1 is 1.52 bits per heavy atom. The Bertz CT molecular complexity index is 650. The third kappa shape index (κ3) is 2.71. The number of fused-ring (bicyclic) bond motifs is 1. The molecule has 0 saturated carbocycles. The number of benzene rings is 1. The summed E-state index contributed by atoms with van der Waals surface area (Å²) in [7, 11) is 0. The maximum absolute atomic E-state index is 12.7. The lowest BCUT2D eigenvalue weighted by Gasteiger charge is -2.32. The van der Waals surface area contributed by atoms with Crippen LogP contribution in [0.2, 0.25) is 0 Å². The van der Waals surface area contributed by atoms with Crippen LogP contribution in [0.1, 0.15) is 29.8 Å². The summed E-state index contributed by atoms with van der Waals surface area (Å²) in [6.45, 7) is 1.61. The molecule has 6 heteroatoms. The molecule has 0 aliphatic carbocycles. The van der Waals surface area contributed by atoms with Gasteiger partial charge in [0.15, 0.2) is 5.69 Å². The van der Waals surface area contributed by atoms with Crippen LogP contribution >= 0.6 is 0 Å². The lowest BCUT2D eigenvalue weighted by atomic mass is 9.95. The lowest BCUT2D eigenvalue weighted by molar-refractivity contribution is 0.0649. The molecule has 1 unspecified atom stereocenters. The zero-order valence-electron chi connectivity index (χ0n) is 11.9. The second-order valence-corrected chi connectivity index (χ2v) is 5.65. The predicted octanol–water partition coefficient (Wildman–Crippen LogP) is 1.38. The minimum absolute atomic E-state index is 0.0607. The van der Waals surface area contributed by atoms with Gasteiger partial charge in [-0.2, -0.15) is 5.10 Å². The number of carbonyl (C=O) groups excluding carboxylic acids is 1. The van der Waals surface area contributed by atoms with Crippen LogP contribution in [0.25, 0.3) is 10.9 Å². The molecular weight excluding hydrogens is 268 g/mol. The number of nitrogen functional groups attached to an aromatic ring is 1. The number of amides is 1. The van der Waals surface area contributed by atoms with Gasteiger partial charge in [0.1, 0.15) is 0 Å². The van der Waals surface area contributed by atoms with E-state index in [0.717, 1.165) is 36.7 Å². The van der Waals surface area contributed by atoms with Gasteiger partial charge in [0.2, 0.25) is 0 Å². The van der Waals surface area contributed by atoms with Gasteiger partial charge in [-0.1, -0.05) is 0 Å². The second kappa shape index (κ2) is 5.73. The summed E-state index contributed by atoms with van der Waals surface area (Å²) in [4.78, 5) is 14.5. The number of hydrogen-bond acceptors (Lipinski definition) is 4. The average Bonchev–Trinajstić information content (AvgIpc) is 2.90. The van der Waals surface area contributed by atoms with Crippen LogP contribution in [0.5, 0.6) is 0 Å². The number of aliphatic hydroxyl groups is 1. The molecule has 4 N–H and O–H groups in total. The summed E-state index contributed by atoms with van der Waals surface area (Å²) in [5.74, 6) is 0.317. The van der Waals surface area contributed by atoms with Crippen molar-refractivity contribution in [2.45, 2.75) is 19.3 Å². The van der Waals surface area contributed by atoms with Crippen molar-refractivity contribution in [3.05, 3.63) is 23.9 Å². The first kappa shape index (κ1) is 13.9. The molecule has 1 atom stereocenters. The molecule has 0 spiro atoms. The van der Waals surface area contributed by atoms with Gasteiger partial charge >= 0.3 is 0 Å². The largest absolute Gasteiger partial charge is 0.399 e. The number of piperidine rings is 1. The highest BCUT2D eigenvalue weighted by Crippen LogP contribution is 2.24. The van der Waals surface area contributed by atoms with Crippen LogP contribution in [0.3, 0.4) is 0 Å². The Balaban J connectivity index is 1.84. The van der Waals surface area contributed by atoms with Crippen LogP contribution in [-0.2, 0) is 0 Å². The molecule has 1 aliphatic rings. The Hall–Kier alpha value is -2.08. The van der Waals surface area contributed by atoms with E-state index in [-0.39, 0.29) is 12.5 Å². The summed E-state index contributed by atoms with van der Waals surface area (Å²) in [6, 6.07) is 5.40. The smallest absolute Gasteiger partial charge is 0.275 e. The normalized spacial score (nSPS) is 19.1.